The first-order chi connectivity index (χ1) is 8.61. The fraction of sp³-hybridized carbons (Fsp3) is 0.231. The minimum atomic E-state index is -0.0112. The van der Waals surface area contributed by atoms with Gasteiger partial charge in [-0.05, 0) is 30.7 Å². The maximum absolute atomic E-state index is 12.4. The third-order valence-electron chi connectivity index (χ3n) is 2.51. The summed E-state index contributed by atoms with van der Waals surface area (Å²) in [4.78, 5) is 12.4. The molecule has 0 aliphatic rings. The number of hydrogen-bond acceptors (Lipinski definition) is 2. The first-order valence-electron chi connectivity index (χ1n) is 5.64. The lowest BCUT2D eigenvalue weighted by Gasteiger charge is -2.06. The number of carbonyl (C=O) groups is 1. The Morgan fingerprint density at radius 3 is 2.56 bits per heavy atom. The van der Waals surface area contributed by atoms with Crippen LogP contribution in [0.15, 0.2) is 39.4 Å². The van der Waals surface area contributed by atoms with Crippen molar-refractivity contribution in [2.75, 3.05) is 0 Å². The van der Waals surface area contributed by atoms with Gasteiger partial charge in [-0.1, -0.05) is 38.8 Å². The molecule has 1 aromatic heterocycles. The van der Waals surface area contributed by atoms with Crippen molar-refractivity contribution in [1.29, 1.82) is 0 Å². The predicted octanol–water partition coefficient (Wildman–Crippen LogP) is 4.05. The fourth-order valence-electron chi connectivity index (χ4n) is 1.75. The van der Waals surface area contributed by atoms with Gasteiger partial charge in [-0.2, -0.15) is 5.10 Å². The molecule has 0 saturated carbocycles. The van der Waals surface area contributed by atoms with E-state index < -0.39 is 0 Å². The standard InChI is InChI=1S/C13H12Br2N2O/c1-2-5-17-12(3-4-16-17)13(18)9-6-10(14)8-11(15)7-9/h3-4,6-8H,2,5H2,1H3. The lowest BCUT2D eigenvalue weighted by Crippen LogP contribution is -2.11. The molecule has 1 aromatic carbocycles. The molecule has 0 atom stereocenters. The van der Waals surface area contributed by atoms with Crippen LogP contribution in [-0.4, -0.2) is 15.6 Å². The highest BCUT2D eigenvalue weighted by atomic mass is 79.9. The molecular formula is C13H12Br2N2O. The molecule has 0 spiro atoms. The summed E-state index contributed by atoms with van der Waals surface area (Å²) in [6, 6.07) is 7.29. The van der Waals surface area contributed by atoms with Gasteiger partial charge in [0, 0.05) is 27.3 Å². The first-order valence-corrected chi connectivity index (χ1v) is 7.23. The van der Waals surface area contributed by atoms with Crippen LogP contribution >= 0.6 is 31.9 Å². The van der Waals surface area contributed by atoms with Crippen LogP contribution in [0.3, 0.4) is 0 Å². The van der Waals surface area contributed by atoms with Crippen molar-refractivity contribution in [3.8, 4) is 0 Å². The average molecular weight is 372 g/mol. The first kappa shape index (κ1) is 13.5. The third kappa shape index (κ3) is 2.90. The van der Waals surface area contributed by atoms with E-state index in [0.717, 1.165) is 21.9 Å². The molecule has 5 heteroatoms. The summed E-state index contributed by atoms with van der Waals surface area (Å²) >= 11 is 6.78. The van der Waals surface area contributed by atoms with Crippen molar-refractivity contribution >= 4 is 37.6 Å². The van der Waals surface area contributed by atoms with Crippen LogP contribution in [0.25, 0.3) is 0 Å². The van der Waals surface area contributed by atoms with Gasteiger partial charge in [-0.3, -0.25) is 9.48 Å². The molecule has 94 valence electrons. The van der Waals surface area contributed by atoms with Gasteiger partial charge in [-0.25, -0.2) is 0 Å². The van der Waals surface area contributed by atoms with Gasteiger partial charge in [0.2, 0.25) is 5.78 Å². The van der Waals surface area contributed by atoms with E-state index in [1.54, 1.807) is 16.9 Å². The van der Waals surface area contributed by atoms with Gasteiger partial charge in [0.05, 0.1) is 0 Å². The SMILES string of the molecule is CCCn1nccc1C(=O)c1cc(Br)cc(Br)c1. The Morgan fingerprint density at radius 2 is 1.94 bits per heavy atom. The lowest BCUT2D eigenvalue weighted by atomic mass is 10.1. The zero-order chi connectivity index (χ0) is 13.1. The molecule has 0 radical (unpaired) electrons. The maximum Gasteiger partial charge on any atom is 0.211 e. The number of aromatic nitrogens is 2. The number of nitrogens with zero attached hydrogens (tertiary/aromatic N) is 2. The molecule has 0 amide bonds. The molecule has 0 N–H and O–H groups in total. The van der Waals surface area contributed by atoms with Crippen LogP contribution in [0.2, 0.25) is 0 Å². The molecule has 0 aliphatic heterocycles. The fourth-order valence-corrected chi connectivity index (χ4v) is 3.04. The van der Waals surface area contributed by atoms with Crippen molar-refractivity contribution < 1.29 is 4.79 Å². The number of benzene rings is 1. The van der Waals surface area contributed by atoms with E-state index in [1.807, 2.05) is 18.2 Å². The summed E-state index contributed by atoms with van der Waals surface area (Å²) in [5.74, 6) is -0.0112. The Bertz CT molecular complexity index is 558. The number of ketones is 1. The van der Waals surface area contributed by atoms with Crippen LogP contribution in [0, 0.1) is 0 Å². The Kier molecular flexibility index (Phi) is 4.35. The van der Waals surface area contributed by atoms with Crippen molar-refractivity contribution in [3.05, 3.63) is 50.7 Å². The highest BCUT2D eigenvalue weighted by Gasteiger charge is 2.14. The number of halogens is 2. The maximum atomic E-state index is 12.4. The van der Waals surface area contributed by atoms with E-state index in [9.17, 15) is 4.79 Å². The number of hydrogen-bond donors (Lipinski definition) is 0. The minimum Gasteiger partial charge on any atom is -0.287 e. The van der Waals surface area contributed by atoms with Crippen molar-refractivity contribution in [2.45, 2.75) is 19.9 Å². The van der Waals surface area contributed by atoms with Gasteiger partial charge >= 0.3 is 0 Å². The Balaban J connectivity index is 2.38. The predicted molar refractivity (Wildman–Crippen MR) is 77.8 cm³/mol. The number of aryl methyl sites for hydroxylation is 1. The smallest absolute Gasteiger partial charge is 0.211 e. The van der Waals surface area contributed by atoms with E-state index in [0.29, 0.717) is 11.3 Å². The van der Waals surface area contributed by atoms with Crippen molar-refractivity contribution in [3.63, 3.8) is 0 Å². The zero-order valence-corrected chi connectivity index (χ0v) is 13.0. The molecule has 2 aromatic rings. The molecule has 0 aliphatic carbocycles. The van der Waals surface area contributed by atoms with Crippen LogP contribution < -0.4 is 0 Å². The molecule has 2 rings (SSSR count). The van der Waals surface area contributed by atoms with Crippen LogP contribution in [0.4, 0.5) is 0 Å². The minimum absolute atomic E-state index is 0.0112. The van der Waals surface area contributed by atoms with Crippen LogP contribution in [0.5, 0.6) is 0 Å². The largest absolute Gasteiger partial charge is 0.287 e. The van der Waals surface area contributed by atoms with Gasteiger partial charge in [0.25, 0.3) is 0 Å². The van der Waals surface area contributed by atoms with Gasteiger partial charge in [0.15, 0.2) is 0 Å². The zero-order valence-electron chi connectivity index (χ0n) is 9.86. The van der Waals surface area contributed by atoms with Crippen LogP contribution in [0.1, 0.15) is 29.4 Å². The van der Waals surface area contributed by atoms with E-state index in [2.05, 4.69) is 43.9 Å². The van der Waals surface area contributed by atoms with E-state index in [4.69, 9.17) is 0 Å². The normalized spacial score (nSPS) is 10.6. The van der Waals surface area contributed by atoms with Crippen molar-refractivity contribution in [1.82, 2.24) is 9.78 Å². The molecule has 0 saturated heterocycles. The second-order valence-electron chi connectivity index (χ2n) is 3.93. The van der Waals surface area contributed by atoms with Gasteiger partial charge in [-0.15, -0.1) is 0 Å². The highest BCUT2D eigenvalue weighted by Crippen LogP contribution is 2.22. The monoisotopic (exact) mass is 370 g/mol. The molecular weight excluding hydrogens is 360 g/mol. The van der Waals surface area contributed by atoms with E-state index in [1.165, 1.54) is 0 Å². The topological polar surface area (TPSA) is 34.9 Å². The van der Waals surface area contributed by atoms with Gasteiger partial charge in [0.1, 0.15) is 5.69 Å². The Labute approximate surface area is 122 Å². The third-order valence-corrected chi connectivity index (χ3v) is 3.43. The molecule has 0 unspecified atom stereocenters. The van der Waals surface area contributed by atoms with Crippen molar-refractivity contribution in [2.24, 2.45) is 0 Å². The highest BCUT2D eigenvalue weighted by molar-refractivity contribution is 9.11. The summed E-state index contributed by atoms with van der Waals surface area (Å²) in [7, 11) is 0. The Hall–Kier alpha value is -0.940. The Morgan fingerprint density at radius 1 is 1.28 bits per heavy atom. The second kappa shape index (κ2) is 5.80. The summed E-state index contributed by atoms with van der Waals surface area (Å²) < 4.78 is 3.50. The quantitative estimate of drug-likeness (QED) is 0.760. The summed E-state index contributed by atoms with van der Waals surface area (Å²) in [5, 5.41) is 4.17. The van der Waals surface area contributed by atoms with E-state index in [-0.39, 0.29) is 5.78 Å². The summed E-state index contributed by atoms with van der Waals surface area (Å²) in [6.45, 7) is 2.81. The lowest BCUT2D eigenvalue weighted by molar-refractivity contribution is 0.102. The molecule has 1 heterocycles. The van der Waals surface area contributed by atoms with Gasteiger partial charge < -0.3 is 0 Å². The molecule has 18 heavy (non-hydrogen) atoms. The summed E-state index contributed by atoms with van der Waals surface area (Å²) in [6.07, 6.45) is 2.61. The average Bonchev–Trinajstić information content (AvgIpc) is 2.75. The molecule has 3 nitrogen and oxygen atoms in total. The second-order valence-corrected chi connectivity index (χ2v) is 5.76. The molecule has 0 fully saturated rings. The number of rotatable bonds is 4. The van der Waals surface area contributed by atoms with E-state index >= 15 is 0 Å². The summed E-state index contributed by atoms with van der Waals surface area (Å²) in [5.41, 5.74) is 1.27. The van der Waals surface area contributed by atoms with Crippen LogP contribution in [-0.2, 0) is 6.54 Å². The molecule has 0 bridgehead atoms. The number of carbonyl (C=O) groups excluding carboxylic acids is 1.